The van der Waals surface area contributed by atoms with Crippen molar-refractivity contribution in [3.63, 3.8) is 0 Å². The van der Waals surface area contributed by atoms with Gasteiger partial charge in [-0.2, -0.15) is 0 Å². The van der Waals surface area contributed by atoms with E-state index >= 15 is 0 Å². The van der Waals surface area contributed by atoms with E-state index in [0.717, 1.165) is 18.8 Å². The molecule has 0 saturated carbocycles. The predicted molar refractivity (Wildman–Crippen MR) is 110 cm³/mol. The molecule has 0 aromatic heterocycles. The zero-order chi connectivity index (χ0) is 18.4. The standard InChI is InChI=1S/C23H41NO/c1-5-6-7-8-9-10-11-12-13-14-19-24-20-21-15-17-22(18-16-21)25-23(2,3)4/h15-18,24H,5-14,19-20H2,1-4H3. The molecule has 1 N–H and O–H groups in total. The third-order valence-corrected chi connectivity index (χ3v) is 4.38. The molecule has 144 valence electrons. The lowest BCUT2D eigenvalue weighted by Crippen LogP contribution is -2.22. The second kappa shape index (κ2) is 13.2. The van der Waals surface area contributed by atoms with E-state index < -0.39 is 0 Å². The van der Waals surface area contributed by atoms with E-state index in [4.69, 9.17) is 4.74 Å². The number of nitrogens with one attached hydrogen (secondary N) is 1. The van der Waals surface area contributed by atoms with Gasteiger partial charge in [0.15, 0.2) is 0 Å². The molecular weight excluding hydrogens is 306 g/mol. The Bertz CT molecular complexity index is 419. The Balaban J connectivity index is 1.96. The maximum Gasteiger partial charge on any atom is 0.120 e. The lowest BCUT2D eigenvalue weighted by atomic mass is 10.1. The molecule has 0 aliphatic carbocycles. The minimum absolute atomic E-state index is 0.130. The molecule has 1 aromatic rings. The highest BCUT2D eigenvalue weighted by molar-refractivity contribution is 5.27. The zero-order valence-electron chi connectivity index (χ0n) is 17.2. The quantitative estimate of drug-likeness (QED) is 0.371. The first kappa shape index (κ1) is 22.0. The molecule has 0 aliphatic rings. The number of benzene rings is 1. The van der Waals surface area contributed by atoms with Gasteiger partial charge in [-0.05, 0) is 51.4 Å². The Hall–Kier alpha value is -1.02. The van der Waals surface area contributed by atoms with Crippen LogP contribution in [-0.2, 0) is 6.54 Å². The summed E-state index contributed by atoms with van der Waals surface area (Å²) in [4.78, 5) is 0. The molecule has 0 aliphatic heterocycles. The van der Waals surface area contributed by atoms with Crippen LogP contribution in [0, 0.1) is 0 Å². The van der Waals surface area contributed by atoms with Crippen molar-refractivity contribution in [1.29, 1.82) is 0 Å². The number of unbranched alkanes of at least 4 members (excludes halogenated alkanes) is 9. The van der Waals surface area contributed by atoms with Gasteiger partial charge in [-0.1, -0.05) is 76.8 Å². The average molecular weight is 348 g/mol. The van der Waals surface area contributed by atoms with Crippen molar-refractivity contribution in [2.75, 3.05) is 6.54 Å². The fourth-order valence-electron chi connectivity index (χ4n) is 3.00. The third-order valence-electron chi connectivity index (χ3n) is 4.38. The molecule has 0 saturated heterocycles. The smallest absolute Gasteiger partial charge is 0.120 e. The molecule has 0 amide bonds. The van der Waals surface area contributed by atoms with Crippen LogP contribution >= 0.6 is 0 Å². The molecule has 0 heterocycles. The van der Waals surface area contributed by atoms with E-state index in [1.165, 1.54) is 69.8 Å². The SMILES string of the molecule is CCCCCCCCCCCCNCc1ccc(OC(C)(C)C)cc1. The van der Waals surface area contributed by atoms with Crippen LogP contribution in [0.25, 0.3) is 0 Å². The van der Waals surface area contributed by atoms with Crippen LogP contribution < -0.4 is 10.1 Å². The third kappa shape index (κ3) is 12.9. The number of hydrogen-bond donors (Lipinski definition) is 1. The highest BCUT2D eigenvalue weighted by Crippen LogP contribution is 2.18. The molecule has 1 aromatic carbocycles. The van der Waals surface area contributed by atoms with Crippen molar-refractivity contribution in [2.24, 2.45) is 0 Å². The summed E-state index contributed by atoms with van der Waals surface area (Å²) >= 11 is 0. The van der Waals surface area contributed by atoms with Crippen LogP contribution in [0.2, 0.25) is 0 Å². The Morgan fingerprint density at radius 1 is 0.760 bits per heavy atom. The topological polar surface area (TPSA) is 21.3 Å². The van der Waals surface area contributed by atoms with Crippen molar-refractivity contribution in [3.05, 3.63) is 29.8 Å². The van der Waals surface area contributed by atoms with Crippen molar-refractivity contribution in [1.82, 2.24) is 5.32 Å². The van der Waals surface area contributed by atoms with Gasteiger partial charge in [-0.25, -0.2) is 0 Å². The molecule has 0 bridgehead atoms. The number of rotatable bonds is 14. The van der Waals surface area contributed by atoms with Gasteiger partial charge >= 0.3 is 0 Å². The lowest BCUT2D eigenvalue weighted by molar-refractivity contribution is 0.131. The van der Waals surface area contributed by atoms with Gasteiger partial charge in [0.2, 0.25) is 0 Å². The normalized spacial score (nSPS) is 11.7. The summed E-state index contributed by atoms with van der Waals surface area (Å²) in [5.74, 6) is 0.950. The highest BCUT2D eigenvalue weighted by Gasteiger charge is 2.11. The Kier molecular flexibility index (Phi) is 11.6. The van der Waals surface area contributed by atoms with E-state index in [1.807, 2.05) is 0 Å². The summed E-state index contributed by atoms with van der Waals surface area (Å²) in [5.41, 5.74) is 1.20. The molecule has 0 fully saturated rings. The summed E-state index contributed by atoms with van der Waals surface area (Å²) in [6.45, 7) is 10.6. The van der Waals surface area contributed by atoms with Crippen LogP contribution in [0.5, 0.6) is 5.75 Å². The summed E-state index contributed by atoms with van der Waals surface area (Å²) in [7, 11) is 0. The highest BCUT2D eigenvalue weighted by atomic mass is 16.5. The van der Waals surface area contributed by atoms with Gasteiger partial charge in [0.05, 0.1) is 0 Å². The van der Waals surface area contributed by atoms with Crippen molar-refractivity contribution < 1.29 is 4.74 Å². The first-order valence-corrected chi connectivity index (χ1v) is 10.5. The first-order chi connectivity index (χ1) is 12.0. The summed E-state index contributed by atoms with van der Waals surface area (Å²) in [6, 6.07) is 8.46. The van der Waals surface area contributed by atoms with E-state index in [9.17, 15) is 0 Å². The van der Waals surface area contributed by atoms with Crippen LogP contribution in [0.3, 0.4) is 0 Å². The molecular formula is C23H41NO. The summed E-state index contributed by atoms with van der Waals surface area (Å²) in [6.07, 6.45) is 14.0. The maximum atomic E-state index is 5.85. The lowest BCUT2D eigenvalue weighted by Gasteiger charge is -2.21. The summed E-state index contributed by atoms with van der Waals surface area (Å²) in [5, 5.41) is 3.55. The molecule has 1 rings (SSSR count). The minimum Gasteiger partial charge on any atom is -0.488 e. The zero-order valence-corrected chi connectivity index (χ0v) is 17.2. The average Bonchev–Trinajstić information content (AvgIpc) is 2.56. The van der Waals surface area contributed by atoms with E-state index in [1.54, 1.807) is 0 Å². The molecule has 0 unspecified atom stereocenters. The second-order valence-electron chi connectivity index (χ2n) is 8.22. The van der Waals surface area contributed by atoms with Gasteiger partial charge in [0, 0.05) is 6.54 Å². The number of hydrogen-bond acceptors (Lipinski definition) is 2. The molecule has 0 spiro atoms. The molecule has 25 heavy (non-hydrogen) atoms. The van der Waals surface area contributed by atoms with Crippen LogP contribution in [0.4, 0.5) is 0 Å². The fourth-order valence-corrected chi connectivity index (χ4v) is 3.00. The minimum atomic E-state index is -0.130. The van der Waals surface area contributed by atoms with Gasteiger partial charge in [0.25, 0.3) is 0 Å². The molecule has 2 nitrogen and oxygen atoms in total. The predicted octanol–water partition coefficient (Wildman–Crippen LogP) is 6.87. The molecule has 2 heteroatoms. The Labute approximate surface area is 156 Å². The second-order valence-corrected chi connectivity index (χ2v) is 8.22. The van der Waals surface area contributed by atoms with E-state index in [-0.39, 0.29) is 5.60 Å². The summed E-state index contributed by atoms with van der Waals surface area (Å²) < 4.78 is 5.85. The van der Waals surface area contributed by atoms with Gasteiger partial charge in [-0.15, -0.1) is 0 Å². The van der Waals surface area contributed by atoms with Crippen molar-refractivity contribution in [3.8, 4) is 5.75 Å². The van der Waals surface area contributed by atoms with Gasteiger partial charge < -0.3 is 10.1 Å². The van der Waals surface area contributed by atoms with Crippen LogP contribution in [0.1, 0.15) is 97.5 Å². The monoisotopic (exact) mass is 347 g/mol. The van der Waals surface area contributed by atoms with E-state index in [0.29, 0.717) is 0 Å². The first-order valence-electron chi connectivity index (χ1n) is 10.5. The largest absolute Gasteiger partial charge is 0.488 e. The van der Waals surface area contributed by atoms with Gasteiger partial charge in [0.1, 0.15) is 11.4 Å². The fraction of sp³-hybridized carbons (Fsp3) is 0.739. The van der Waals surface area contributed by atoms with Crippen molar-refractivity contribution >= 4 is 0 Å². The Morgan fingerprint density at radius 2 is 1.28 bits per heavy atom. The molecule has 0 radical (unpaired) electrons. The van der Waals surface area contributed by atoms with E-state index in [2.05, 4.69) is 57.3 Å². The van der Waals surface area contributed by atoms with Crippen LogP contribution in [0.15, 0.2) is 24.3 Å². The maximum absolute atomic E-state index is 5.85. The van der Waals surface area contributed by atoms with Gasteiger partial charge in [-0.3, -0.25) is 0 Å². The number of ether oxygens (including phenoxy) is 1. The van der Waals surface area contributed by atoms with Crippen LogP contribution in [-0.4, -0.2) is 12.1 Å². The van der Waals surface area contributed by atoms with Crippen molar-refractivity contribution in [2.45, 2.75) is 104 Å². The molecule has 0 atom stereocenters. The Morgan fingerprint density at radius 3 is 1.80 bits per heavy atom.